The Morgan fingerprint density at radius 1 is 1.00 bits per heavy atom. The van der Waals surface area contributed by atoms with Gasteiger partial charge in [0.05, 0.1) is 19.1 Å². The van der Waals surface area contributed by atoms with Crippen LogP contribution in [0.15, 0.2) is 48.8 Å². The predicted octanol–water partition coefficient (Wildman–Crippen LogP) is 3.08. The minimum atomic E-state index is -0.297. The van der Waals surface area contributed by atoms with E-state index in [0.29, 0.717) is 39.2 Å². The van der Waals surface area contributed by atoms with Gasteiger partial charge in [-0.3, -0.25) is 4.79 Å². The van der Waals surface area contributed by atoms with Crippen molar-refractivity contribution >= 4 is 12.0 Å². The van der Waals surface area contributed by atoms with Gasteiger partial charge in [-0.15, -0.1) is 0 Å². The molecular weight excluding hydrogens is 342 g/mol. The molecule has 6 nitrogen and oxygen atoms in total. The van der Waals surface area contributed by atoms with Crippen molar-refractivity contribution in [1.82, 2.24) is 14.4 Å². The maximum absolute atomic E-state index is 12.9. The molecule has 2 heterocycles. The molecule has 0 radical (unpaired) electrons. The number of aryl methyl sites for hydroxylation is 1. The first-order valence-electron chi connectivity index (χ1n) is 9.47. The molecule has 1 aliphatic heterocycles. The number of ether oxygens (including phenoxy) is 1. The lowest BCUT2D eigenvalue weighted by Gasteiger charge is -2.35. The fraction of sp³-hybridized carbons (Fsp3) is 0.429. The first-order chi connectivity index (χ1) is 13.1. The lowest BCUT2D eigenvalue weighted by molar-refractivity contribution is -0.133. The third kappa shape index (κ3) is 4.70. The smallest absolute Gasteiger partial charge is 0.409 e. The Labute approximate surface area is 160 Å². The van der Waals surface area contributed by atoms with Gasteiger partial charge in [0, 0.05) is 38.6 Å². The first kappa shape index (κ1) is 19.0. The second-order valence-corrected chi connectivity index (χ2v) is 6.83. The van der Waals surface area contributed by atoms with E-state index in [1.165, 1.54) is 5.56 Å². The van der Waals surface area contributed by atoms with E-state index in [2.05, 4.69) is 35.8 Å². The Balaban J connectivity index is 1.65. The molecule has 0 spiro atoms. The van der Waals surface area contributed by atoms with E-state index in [1.807, 2.05) is 29.4 Å². The molecule has 1 saturated heterocycles. The van der Waals surface area contributed by atoms with Crippen LogP contribution < -0.4 is 0 Å². The van der Waals surface area contributed by atoms with Crippen molar-refractivity contribution in [2.45, 2.75) is 26.3 Å². The number of aromatic nitrogens is 1. The van der Waals surface area contributed by atoms with Gasteiger partial charge in [0.15, 0.2) is 0 Å². The van der Waals surface area contributed by atoms with Crippen LogP contribution in [0.5, 0.6) is 0 Å². The number of benzene rings is 1. The zero-order chi connectivity index (χ0) is 19.2. The summed E-state index contributed by atoms with van der Waals surface area (Å²) in [7, 11) is 0. The first-order valence-corrected chi connectivity index (χ1v) is 9.47. The fourth-order valence-electron chi connectivity index (χ4n) is 3.39. The van der Waals surface area contributed by atoms with Crippen molar-refractivity contribution in [1.29, 1.82) is 0 Å². The van der Waals surface area contributed by atoms with E-state index in [1.54, 1.807) is 11.8 Å². The summed E-state index contributed by atoms with van der Waals surface area (Å²) in [5.74, 6) is 0.109. The van der Waals surface area contributed by atoms with Crippen LogP contribution in [0.4, 0.5) is 4.79 Å². The standard InChI is InChI=1S/C21H27N3O3/c1-3-27-21(26)24-14-12-23(13-15-24)20(25)16-19(22-10-4-5-11-22)18-8-6-17(2)7-9-18/h4-11,19H,3,12-16H2,1-2H3/t19-/m1/s1. The molecule has 0 bridgehead atoms. The maximum atomic E-state index is 12.9. The quantitative estimate of drug-likeness (QED) is 0.814. The van der Waals surface area contributed by atoms with Gasteiger partial charge in [0.1, 0.15) is 0 Å². The molecule has 0 saturated carbocycles. The Morgan fingerprint density at radius 3 is 2.19 bits per heavy atom. The highest BCUT2D eigenvalue weighted by molar-refractivity contribution is 5.77. The highest BCUT2D eigenvalue weighted by Crippen LogP contribution is 2.24. The number of hydrogen-bond acceptors (Lipinski definition) is 3. The summed E-state index contributed by atoms with van der Waals surface area (Å²) in [6.07, 6.45) is 4.10. The number of carbonyl (C=O) groups excluding carboxylic acids is 2. The highest BCUT2D eigenvalue weighted by atomic mass is 16.6. The van der Waals surface area contributed by atoms with Gasteiger partial charge in [-0.25, -0.2) is 4.79 Å². The summed E-state index contributed by atoms with van der Waals surface area (Å²) in [6, 6.07) is 12.3. The van der Waals surface area contributed by atoms with Gasteiger partial charge in [-0.2, -0.15) is 0 Å². The molecule has 144 valence electrons. The lowest BCUT2D eigenvalue weighted by Crippen LogP contribution is -2.51. The fourth-order valence-corrected chi connectivity index (χ4v) is 3.39. The normalized spacial score (nSPS) is 15.5. The van der Waals surface area contributed by atoms with Gasteiger partial charge in [0.25, 0.3) is 0 Å². The summed E-state index contributed by atoms with van der Waals surface area (Å²) in [6.45, 7) is 6.35. The van der Waals surface area contributed by atoms with Crippen LogP contribution in [0.25, 0.3) is 0 Å². The molecule has 2 aromatic rings. The summed E-state index contributed by atoms with van der Waals surface area (Å²) in [5.41, 5.74) is 2.32. The molecule has 1 fully saturated rings. The van der Waals surface area contributed by atoms with Crippen LogP contribution in [0.2, 0.25) is 0 Å². The van der Waals surface area contributed by atoms with Crippen LogP contribution in [-0.4, -0.2) is 59.2 Å². The van der Waals surface area contributed by atoms with Crippen molar-refractivity contribution in [3.05, 3.63) is 59.9 Å². The van der Waals surface area contributed by atoms with Gasteiger partial charge >= 0.3 is 6.09 Å². The van der Waals surface area contributed by atoms with Gasteiger partial charge in [0.2, 0.25) is 5.91 Å². The van der Waals surface area contributed by atoms with Crippen LogP contribution in [0.3, 0.4) is 0 Å². The molecule has 2 amide bonds. The predicted molar refractivity (Wildman–Crippen MR) is 104 cm³/mol. The zero-order valence-electron chi connectivity index (χ0n) is 16.0. The van der Waals surface area contributed by atoms with Crippen molar-refractivity contribution < 1.29 is 14.3 Å². The average molecular weight is 369 g/mol. The number of amides is 2. The number of hydrogen-bond donors (Lipinski definition) is 0. The maximum Gasteiger partial charge on any atom is 0.409 e. The Bertz CT molecular complexity index is 747. The zero-order valence-corrected chi connectivity index (χ0v) is 16.0. The second kappa shape index (κ2) is 8.75. The summed E-state index contributed by atoms with van der Waals surface area (Å²) in [5, 5.41) is 0. The third-order valence-electron chi connectivity index (χ3n) is 4.98. The topological polar surface area (TPSA) is 54.8 Å². The Kier molecular flexibility index (Phi) is 6.16. The molecule has 27 heavy (non-hydrogen) atoms. The minimum Gasteiger partial charge on any atom is -0.450 e. The van der Waals surface area contributed by atoms with E-state index >= 15 is 0 Å². The molecule has 1 atom stereocenters. The molecule has 1 aliphatic rings. The molecule has 0 aliphatic carbocycles. The molecule has 6 heteroatoms. The largest absolute Gasteiger partial charge is 0.450 e. The SMILES string of the molecule is CCOC(=O)N1CCN(C(=O)C[C@H](c2ccc(C)cc2)n2cccc2)CC1. The van der Waals surface area contributed by atoms with Gasteiger partial charge < -0.3 is 19.1 Å². The van der Waals surface area contributed by atoms with Crippen molar-refractivity contribution in [2.75, 3.05) is 32.8 Å². The molecule has 3 rings (SSSR count). The van der Waals surface area contributed by atoms with Crippen molar-refractivity contribution in [3.63, 3.8) is 0 Å². The molecule has 1 aromatic carbocycles. The van der Waals surface area contributed by atoms with Crippen LogP contribution >= 0.6 is 0 Å². The third-order valence-corrected chi connectivity index (χ3v) is 4.98. The van der Waals surface area contributed by atoms with Crippen molar-refractivity contribution in [3.8, 4) is 0 Å². The summed E-state index contributed by atoms with van der Waals surface area (Å²) >= 11 is 0. The van der Waals surface area contributed by atoms with E-state index < -0.39 is 0 Å². The number of nitrogens with zero attached hydrogens (tertiary/aromatic N) is 3. The van der Waals surface area contributed by atoms with E-state index in [0.717, 1.165) is 5.56 Å². The molecule has 1 aromatic heterocycles. The van der Waals surface area contributed by atoms with E-state index in [4.69, 9.17) is 4.74 Å². The Morgan fingerprint density at radius 2 is 1.59 bits per heavy atom. The monoisotopic (exact) mass is 369 g/mol. The lowest BCUT2D eigenvalue weighted by atomic mass is 10.0. The molecule has 0 unspecified atom stereocenters. The summed E-state index contributed by atoms with van der Waals surface area (Å²) in [4.78, 5) is 28.3. The van der Waals surface area contributed by atoms with E-state index in [-0.39, 0.29) is 18.0 Å². The van der Waals surface area contributed by atoms with Crippen molar-refractivity contribution in [2.24, 2.45) is 0 Å². The highest BCUT2D eigenvalue weighted by Gasteiger charge is 2.27. The van der Waals surface area contributed by atoms with Gasteiger partial charge in [-0.05, 0) is 31.5 Å². The average Bonchev–Trinajstić information content (AvgIpc) is 3.21. The van der Waals surface area contributed by atoms with Gasteiger partial charge in [-0.1, -0.05) is 29.8 Å². The number of piperazine rings is 1. The Hall–Kier alpha value is -2.76. The van der Waals surface area contributed by atoms with E-state index in [9.17, 15) is 9.59 Å². The van der Waals surface area contributed by atoms with Crippen LogP contribution in [0.1, 0.15) is 30.5 Å². The molecule has 0 N–H and O–H groups in total. The minimum absolute atomic E-state index is 0.0313. The number of rotatable bonds is 5. The summed E-state index contributed by atoms with van der Waals surface area (Å²) < 4.78 is 7.12. The van der Waals surface area contributed by atoms with Crippen LogP contribution in [0, 0.1) is 6.92 Å². The molecular formula is C21H27N3O3. The second-order valence-electron chi connectivity index (χ2n) is 6.83. The number of carbonyl (C=O) groups is 2. The van der Waals surface area contributed by atoms with Crippen LogP contribution in [-0.2, 0) is 9.53 Å².